The summed E-state index contributed by atoms with van der Waals surface area (Å²) in [6.45, 7) is 2.51. The van der Waals surface area contributed by atoms with Gasteiger partial charge in [0.1, 0.15) is 5.75 Å². The van der Waals surface area contributed by atoms with Crippen LogP contribution in [0.25, 0.3) is 10.9 Å². The molecule has 0 aliphatic rings. The van der Waals surface area contributed by atoms with Gasteiger partial charge in [-0.1, -0.05) is 19.4 Å². The van der Waals surface area contributed by atoms with Crippen LogP contribution in [0.15, 0.2) is 30.5 Å². The van der Waals surface area contributed by atoms with Crippen molar-refractivity contribution in [3.63, 3.8) is 0 Å². The lowest BCUT2D eigenvalue weighted by atomic mass is 10.0. The van der Waals surface area contributed by atoms with Crippen molar-refractivity contribution in [3.8, 4) is 5.75 Å². The molecule has 20 heavy (non-hydrogen) atoms. The summed E-state index contributed by atoms with van der Waals surface area (Å²) in [5, 5.41) is 19.8. The molecule has 0 aliphatic heterocycles. The van der Waals surface area contributed by atoms with Crippen molar-refractivity contribution >= 4 is 10.9 Å². The van der Waals surface area contributed by atoms with Gasteiger partial charge in [-0.2, -0.15) is 0 Å². The highest BCUT2D eigenvalue weighted by atomic mass is 16.5. The molecule has 1 aromatic heterocycles. The summed E-state index contributed by atoms with van der Waals surface area (Å²) < 4.78 is 5.81. The normalized spacial score (nSPS) is 12.6. The molecular weight excluding hydrogens is 254 g/mol. The number of pyridine rings is 1. The first kappa shape index (κ1) is 14.8. The standard InChI is InChI=1S/C16H21NO3/c1-2-3-9-20-16-7-6-15-13(5-4-8-17-15)14(16)10-12(19)11-18/h4-8,12,18-19H,2-3,9-11H2,1H3. The largest absolute Gasteiger partial charge is 0.493 e. The van der Waals surface area contributed by atoms with Crippen LogP contribution in [-0.4, -0.2) is 34.5 Å². The minimum absolute atomic E-state index is 0.259. The zero-order valence-electron chi connectivity index (χ0n) is 11.7. The molecular formula is C16H21NO3. The number of hydrogen-bond acceptors (Lipinski definition) is 4. The molecule has 1 atom stereocenters. The van der Waals surface area contributed by atoms with Gasteiger partial charge in [-0.05, 0) is 24.6 Å². The fourth-order valence-corrected chi connectivity index (χ4v) is 2.17. The summed E-state index contributed by atoms with van der Waals surface area (Å²) in [5.74, 6) is 0.770. The predicted molar refractivity (Wildman–Crippen MR) is 78.9 cm³/mol. The second-order valence-electron chi connectivity index (χ2n) is 4.85. The van der Waals surface area contributed by atoms with Crippen LogP contribution in [0.4, 0.5) is 0 Å². The molecule has 0 radical (unpaired) electrons. The molecule has 4 heteroatoms. The highest BCUT2D eigenvalue weighted by molar-refractivity contribution is 5.84. The summed E-state index contributed by atoms with van der Waals surface area (Å²) in [4.78, 5) is 4.31. The van der Waals surface area contributed by atoms with Crippen LogP contribution in [0, 0.1) is 0 Å². The highest BCUT2D eigenvalue weighted by Crippen LogP contribution is 2.28. The van der Waals surface area contributed by atoms with Crippen molar-refractivity contribution in [1.82, 2.24) is 4.98 Å². The number of ether oxygens (including phenoxy) is 1. The van der Waals surface area contributed by atoms with E-state index in [0.717, 1.165) is 35.1 Å². The maximum atomic E-state index is 9.74. The SMILES string of the molecule is CCCCOc1ccc2ncccc2c1CC(O)CO. The minimum Gasteiger partial charge on any atom is -0.493 e. The highest BCUT2D eigenvalue weighted by Gasteiger charge is 2.13. The van der Waals surface area contributed by atoms with Gasteiger partial charge in [0.15, 0.2) is 0 Å². The number of aliphatic hydroxyl groups excluding tert-OH is 2. The van der Waals surface area contributed by atoms with Gasteiger partial charge < -0.3 is 14.9 Å². The minimum atomic E-state index is -0.783. The van der Waals surface area contributed by atoms with Gasteiger partial charge in [0.2, 0.25) is 0 Å². The number of hydrogen-bond donors (Lipinski definition) is 2. The third kappa shape index (κ3) is 3.46. The zero-order valence-corrected chi connectivity index (χ0v) is 11.7. The molecule has 0 bridgehead atoms. The summed E-state index contributed by atoms with van der Waals surface area (Å²) >= 11 is 0. The molecule has 4 nitrogen and oxygen atoms in total. The Labute approximate surface area is 119 Å². The smallest absolute Gasteiger partial charge is 0.123 e. The first-order valence-electron chi connectivity index (χ1n) is 7.04. The van der Waals surface area contributed by atoms with E-state index in [9.17, 15) is 5.11 Å². The van der Waals surface area contributed by atoms with Crippen molar-refractivity contribution < 1.29 is 14.9 Å². The molecule has 0 aliphatic carbocycles. The van der Waals surface area contributed by atoms with Crippen LogP contribution in [-0.2, 0) is 6.42 Å². The Hall–Kier alpha value is -1.65. The molecule has 0 spiro atoms. The fourth-order valence-electron chi connectivity index (χ4n) is 2.17. The molecule has 2 N–H and O–H groups in total. The summed E-state index contributed by atoms with van der Waals surface area (Å²) in [5.41, 5.74) is 1.78. The van der Waals surface area contributed by atoms with Crippen LogP contribution < -0.4 is 4.74 Å². The molecule has 0 amide bonds. The fraction of sp³-hybridized carbons (Fsp3) is 0.438. The zero-order chi connectivity index (χ0) is 14.4. The van der Waals surface area contributed by atoms with Crippen LogP contribution in [0.2, 0.25) is 0 Å². The van der Waals surface area contributed by atoms with Gasteiger partial charge in [-0.3, -0.25) is 4.98 Å². The quantitative estimate of drug-likeness (QED) is 0.761. The topological polar surface area (TPSA) is 62.6 Å². The van der Waals surface area contributed by atoms with Gasteiger partial charge in [-0.15, -0.1) is 0 Å². The van der Waals surface area contributed by atoms with E-state index in [1.807, 2.05) is 24.3 Å². The Morgan fingerprint density at radius 2 is 2.15 bits per heavy atom. The lowest BCUT2D eigenvalue weighted by Gasteiger charge is -2.15. The summed E-state index contributed by atoms with van der Waals surface area (Å²) in [7, 11) is 0. The Morgan fingerprint density at radius 3 is 2.90 bits per heavy atom. The van der Waals surface area contributed by atoms with Crippen molar-refractivity contribution in [2.24, 2.45) is 0 Å². The number of nitrogens with zero attached hydrogens (tertiary/aromatic N) is 1. The monoisotopic (exact) mass is 275 g/mol. The maximum absolute atomic E-state index is 9.74. The van der Waals surface area contributed by atoms with Crippen LogP contribution in [0.3, 0.4) is 0 Å². The molecule has 108 valence electrons. The Balaban J connectivity index is 2.36. The molecule has 1 heterocycles. The lowest BCUT2D eigenvalue weighted by Crippen LogP contribution is -2.16. The second kappa shape index (κ2) is 7.22. The lowest BCUT2D eigenvalue weighted by molar-refractivity contribution is 0.0950. The summed E-state index contributed by atoms with van der Waals surface area (Å²) in [6.07, 6.45) is 3.39. The number of benzene rings is 1. The number of aliphatic hydroxyl groups is 2. The Bertz CT molecular complexity index is 556. The van der Waals surface area contributed by atoms with E-state index in [1.54, 1.807) is 6.20 Å². The molecule has 2 aromatic rings. The summed E-state index contributed by atoms with van der Waals surface area (Å²) in [6, 6.07) is 7.65. The van der Waals surface area contributed by atoms with E-state index in [2.05, 4.69) is 11.9 Å². The van der Waals surface area contributed by atoms with E-state index in [0.29, 0.717) is 13.0 Å². The van der Waals surface area contributed by atoms with Crippen molar-refractivity contribution in [3.05, 3.63) is 36.0 Å². The van der Waals surface area contributed by atoms with Gasteiger partial charge in [0.25, 0.3) is 0 Å². The van der Waals surface area contributed by atoms with Gasteiger partial charge in [-0.25, -0.2) is 0 Å². The Morgan fingerprint density at radius 1 is 1.30 bits per heavy atom. The third-order valence-corrected chi connectivity index (χ3v) is 3.26. The number of fused-ring (bicyclic) bond motifs is 1. The van der Waals surface area contributed by atoms with Crippen LogP contribution in [0.1, 0.15) is 25.3 Å². The first-order valence-corrected chi connectivity index (χ1v) is 7.04. The van der Waals surface area contributed by atoms with Gasteiger partial charge in [0, 0.05) is 23.6 Å². The average molecular weight is 275 g/mol. The number of aromatic nitrogens is 1. The third-order valence-electron chi connectivity index (χ3n) is 3.26. The molecule has 0 saturated carbocycles. The van der Waals surface area contributed by atoms with Crippen molar-refractivity contribution in [2.45, 2.75) is 32.3 Å². The second-order valence-corrected chi connectivity index (χ2v) is 4.85. The van der Waals surface area contributed by atoms with E-state index in [4.69, 9.17) is 9.84 Å². The molecule has 1 unspecified atom stereocenters. The molecule has 1 aromatic carbocycles. The van der Waals surface area contributed by atoms with E-state index in [1.165, 1.54) is 0 Å². The van der Waals surface area contributed by atoms with Gasteiger partial charge in [0.05, 0.1) is 24.8 Å². The van der Waals surface area contributed by atoms with E-state index in [-0.39, 0.29) is 6.61 Å². The molecule has 2 rings (SSSR count). The van der Waals surface area contributed by atoms with Gasteiger partial charge >= 0.3 is 0 Å². The predicted octanol–water partition coefficient (Wildman–Crippen LogP) is 2.31. The molecule has 0 fully saturated rings. The Kier molecular flexibility index (Phi) is 5.32. The van der Waals surface area contributed by atoms with E-state index < -0.39 is 6.10 Å². The van der Waals surface area contributed by atoms with E-state index >= 15 is 0 Å². The number of rotatable bonds is 7. The molecule has 0 saturated heterocycles. The number of unbranched alkanes of at least 4 members (excludes halogenated alkanes) is 1. The van der Waals surface area contributed by atoms with Crippen molar-refractivity contribution in [1.29, 1.82) is 0 Å². The van der Waals surface area contributed by atoms with Crippen LogP contribution >= 0.6 is 0 Å². The maximum Gasteiger partial charge on any atom is 0.123 e. The average Bonchev–Trinajstić information content (AvgIpc) is 2.49. The first-order chi connectivity index (χ1) is 9.76. The van der Waals surface area contributed by atoms with Crippen LogP contribution in [0.5, 0.6) is 5.75 Å². The van der Waals surface area contributed by atoms with Crippen molar-refractivity contribution in [2.75, 3.05) is 13.2 Å².